The van der Waals surface area contributed by atoms with Crippen LogP contribution in [-0.2, 0) is 4.74 Å². The largest absolute Gasteiger partial charge is 0.445 e. The third-order valence-electron chi connectivity index (χ3n) is 0.997. The van der Waals surface area contributed by atoms with Gasteiger partial charge in [-0.15, -0.1) is 0 Å². The highest BCUT2D eigenvalue weighted by Crippen LogP contribution is 1.95. The molecule has 0 unspecified atom stereocenters. The number of primary amides is 1. The second-order valence-corrected chi connectivity index (χ2v) is 1.77. The molecule has 0 heterocycles. The number of aliphatic hydroxyl groups excluding tert-OH is 1. The van der Waals surface area contributed by atoms with E-state index in [4.69, 9.17) is 10.8 Å². The number of carbonyl (C=O) groups is 1. The molecule has 4 nitrogen and oxygen atoms in total. The molecule has 0 aromatic carbocycles. The van der Waals surface area contributed by atoms with Crippen LogP contribution < -0.4 is 5.73 Å². The van der Waals surface area contributed by atoms with Crippen molar-refractivity contribution in [3.8, 4) is 0 Å². The summed E-state index contributed by atoms with van der Waals surface area (Å²) in [6.45, 7) is 3.39. The van der Waals surface area contributed by atoms with Crippen LogP contribution in [0.2, 0.25) is 0 Å². The first-order valence-electron chi connectivity index (χ1n) is 3.05. The Morgan fingerprint density at radius 3 is 2.73 bits per heavy atom. The van der Waals surface area contributed by atoms with Gasteiger partial charge in [-0.2, -0.15) is 0 Å². The highest BCUT2D eigenvalue weighted by Gasteiger charge is 1.94. The van der Waals surface area contributed by atoms with E-state index in [2.05, 4.69) is 11.3 Å². The van der Waals surface area contributed by atoms with Crippen molar-refractivity contribution in [2.24, 2.45) is 5.73 Å². The van der Waals surface area contributed by atoms with Gasteiger partial charge >= 0.3 is 6.09 Å². The minimum absolute atomic E-state index is 0.0550. The van der Waals surface area contributed by atoms with Gasteiger partial charge in [-0.05, 0) is 5.57 Å². The lowest BCUT2D eigenvalue weighted by molar-refractivity contribution is 0.167. The minimum atomic E-state index is -0.837. The fourth-order valence-electron chi connectivity index (χ4n) is 0.473. The van der Waals surface area contributed by atoms with Crippen molar-refractivity contribution < 1.29 is 14.6 Å². The van der Waals surface area contributed by atoms with E-state index in [0.29, 0.717) is 5.57 Å². The number of amides is 1. The van der Waals surface area contributed by atoms with E-state index in [9.17, 15) is 4.79 Å². The summed E-state index contributed by atoms with van der Waals surface area (Å²) in [7, 11) is 0. The molecule has 0 fully saturated rings. The standard InChI is InChI=1S/C7H11NO3/c1-2-6(3-4-9)5-11-7(8)10/h2-3,9H,1,4-5H2,(H2,8,10)/b6-3+. The Morgan fingerprint density at radius 1 is 1.73 bits per heavy atom. The van der Waals surface area contributed by atoms with E-state index in [-0.39, 0.29) is 13.2 Å². The van der Waals surface area contributed by atoms with Gasteiger partial charge in [0.15, 0.2) is 0 Å². The smallest absolute Gasteiger partial charge is 0.404 e. The van der Waals surface area contributed by atoms with Gasteiger partial charge in [0.05, 0.1) is 6.61 Å². The van der Waals surface area contributed by atoms with Gasteiger partial charge in [0.2, 0.25) is 0 Å². The topological polar surface area (TPSA) is 72.6 Å². The molecule has 4 heteroatoms. The van der Waals surface area contributed by atoms with E-state index >= 15 is 0 Å². The highest BCUT2D eigenvalue weighted by molar-refractivity contribution is 5.64. The number of ether oxygens (including phenoxy) is 1. The normalized spacial score (nSPS) is 10.8. The second-order valence-electron chi connectivity index (χ2n) is 1.77. The highest BCUT2D eigenvalue weighted by atomic mass is 16.5. The Labute approximate surface area is 65.0 Å². The summed E-state index contributed by atoms with van der Waals surface area (Å²) in [5, 5.41) is 8.44. The van der Waals surface area contributed by atoms with E-state index in [1.807, 2.05) is 0 Å². The maximum Gasteiger partial charge on any atom is 0.404 e. The van der Waals surface area contributed by atoms with Crippen molar-refractivity contribution in [1.29, 1.82) is 0 Å². The Kier molecular flexibility index (Phi) is 4.85. The molecule has 0 radical (unpaired) electrons. The SMILES string of the molecule is C=C/C(=C\CO)COC(N)=O. The van der Waals surface area contributed by atoms with Gasteiger partial charge in [0.1, 0.15) is 6.61 Å². The summed E-state index contributed by atoms with van der Waals surface area (Å²) in [6, 6.07) is 0. The molecule has 0 aromatic rings. The zero-order valence-electron chi connectivity index (χ0n) is 6.12. The first-order valence-corrected chi connectivity index (χ1v) is 3.05. The van der Waals surface area contributed by atoms with Crippen LogP contribution in [0.15, 0.2) is 24.3 Å². The van der Waals surface area contributed by atoms with E-state index in [1.54, 1.807) is 0 Å². The van der Waals surface area contributed by atoms with E-state index < -0.39 is 6.09 Å². The molecule has 0 bridgehead atoms. The quantitative estimate of drug-likeness (QED) is 0.572. The number of hydrogen-bond acceptors (Lipinski definition) is 3. The van der Waals surface area contributed by atoms with Crippen LogP contribution in [-0.4, -0.2) is 24.4 Å². The number of hydrogen-bond donors (Lipinski definition) is 2. The summed E-state index contributed by atoms with van der Waals surface area (Å²) < 4.78 is 4.44. The minimum Gasteiger partial charge on any atom is -0.445 e. The molecule has 0 aliphatic rings. The van der Waals surface area contributed by atoms with Crippen molar-refractivity contribution in [2.45, 2.75) is 0 Å². The van der Waals surface area contributed by atoms with Gasteiger partial charge in [0.25, 0.3) is 0 Å². The molecule has 0 aliphatic heterocycles. The zero-order chi connectivity index (χ0) is 8.69. The maximum atomic E-state index is 10.1. The van der Waals surface area contributed by atoms with Crippen molar-refractivity contribution in [3.63, 3.8) is 0 Å². The molecule has 1 amide bonds. The zero-order valence-corrected chi connectivity index (χ0v) is 6.12. The first kappa shape index (κ1) is 9.71. The first-order chi connectivity index (χ1) is 5.20. The average molecular weight is 157 g/mol. The number of nitrogens with two attached hydrogens (primary N) is 1. The number of carbonyl (C=O) groups excluding carboxylic acids is 1. The number of rotatable bonds is 4. The monoisotopic (exact) mass is 157 g/mol. The van der Waals surface area contributed by atoms with Crippen molar-refractivity contribution in [3.05, 3.63) is 24.3 Å². The third-order valence-corrected chi connectivity index (χ3v) is 0.997. The Hall–Kier alpha value is -1.29. The van der Waals surface area contributed by atoms with Crippen molar-refractivity contribution in [1.82, 2.24) is 0 Å². The molecular formula is C7H11NO3. The molecule has 0 aliphatic carbocycles. The molecule has 11 heavy (non-hydrogen) atoms. The van der Waals surface area contributed by atoms with Gasteiger partial charge < -0.3 is 15.6 Å². The lowest BCUT2D eigenvalue weighted by atomic mass is 10.3. The van der Waals surface area contributed by atoms with Crippen molar-refractivity contribution in [2.75, 3.05) is 13.2 Å². The molecule has 0 spiro atoms. The summed E-state index contributed by atoms with van der Waals surface area (Å²) in [5.74, 6) is 0. The summed E-state index contributed by atoms with van der Waals surface area (Å²) in [6.07, 6.45) is 2.13. The number of aliphatic hydroxyl groups is 1. The predicted octanol–water partition coefficient (Wildman–Crippen LogP) is 0.186. The van der Waals surface area contributed by atoms with Crippen LogP contribution in [0, 0.1) is 0 Å². The molecule has 0 rings (SSSR count). The van der Waals surface area contributed by atoms with Crippen molar-refractivity contribution >= 4 is 6.09 Å². The molecule has 0 atom stereocenters. The van der Waals surface area contributed by atoms with Gasteiger partial charge in [-0.25, -0.2) is 4.79 Å². The summed E-state index contributed by atoms with van der Waals surface area (Å²) in [4.78, 5) is 10.1. The van der Waals surface area contributed by atoms with E-state index in [1.165, 1.54) is 12.2 Å². The molecule has 62 valence electrons. The molecule has 0 aromatic heterocycles. The molecular weight excluding hydrogens is 146 g/mol. The van der Waals surface area contributed by atoms with Gasteiger partial charge in [-0.1, -0.05) is 18.7 Å². The summed E-state index contributed by atoms with van der Waals surface area (Å²) in [5.41, 5.74) is 5.34. The predicted molar refractivity (Wildman–Crippen MR) is 40.9 cm³/mol. The van der Waals surface area contributed by atoms with Crippen LogP contribution in [0.3, 0.4) is 0 Å². The van der Waals surface area contributed by atoms with Gasteiger partial charge in [-0.3, -0.25) is 0 Å². The summed E-state index contributed by atoms with van der Waals surface area (Å²) >= 11 is 0. The molecule has 3 N–H and O–H groups in total. The second kappa shape index (κ2) is 5.49. The van der Waals surface area contributed by atoms with Crippen LogP contribution in [0.1, 0.15) is 0 Å². The lowest BCUT2D eigenvalue weighted by Gasteiger charge is -2.00. The molecule has 0 saturated heterocycles. The molecule has 0 saturated carbocycles. The Bertz CT molecular complexity index is 175. The maximum absolute atomic E-state index is 10.1. The van der Waals surface area contributed by atoms with E-state index in [0.717, 1.165) is 0 Å². The van der Waals surface area contributed by atoms with Gasteiger partial charge in [0, 0.05) is 0 Å². The average Bonchev–Trinajstić information content (AvgIpc) is 1.97. The lowest BCUT2D eigenvalue weighted by Crippen LogP contribution is -2.14. The Morgan fingerprint density at radius 2 is 2.36 bits per heavy atom. The van der Waals surface area contributed by atoms with Crippen LogP contribution in [0.4, 0.5) is 4.79 Å². The third kappa shape index (κ3) is 5.17. The van der Waals surface area contributed by atoms with Crippen LogP contribution in [0.5, 0.6) is 0 Å². The van der Waals surface area contributed by atoms with Crippen LogP contribution >= 0.6 is 0 Å². The Balaban J connectivity index is 3.79. The fraction of sp³-hybridized carbons (Fsp3) is 0.286. The fourth-order valence-corrected chi connectivity index (χ4v) is 0.473. The van der Waals surface area contributed by atoms with Crippen LogP contribution in [0.25, 0.3) is 0 Å².